The molecule has 1 aromatic heterocycles. The van der Waals surface area contributed by atoms with Gasteiger partial charge in [0.25, 0.3) is 0 Å². The highest BCUT2D eigenvalue weighted by molar-refractivity contribution is 5.97. The molecule has 0 saturated heterocycles. The van der Waals surface area contributed by atoms with Crippen LogP contribution in [0.15, 0.2) is 35.8 Å². The first-order chi connectivity index (χ1) is 7.34. The molecule has 76 valence electrons. The standard InChI is InChI=1S/C11H11N3O/c15-11-8-5-9(14-10(8)6-13-11)7-1-3-12-4-2-7/h1-4,9,14H,5-6H2,(H,13,15). The van der Waals surface area contributed by atoms with E-state index in [0.29, 0.717) is 6.54 Å². The predicted molar refractivity (Wildman–Crippen MR) is 54.8 cm³/mol. The minimum absolute atomic E-state index is 0.0778. The number of nitrogens with one attached hydrogen (secondary N) is 2. The average molecular weight is 201 g/mol. The third-order valence-electron chi connectivity index (χ3n) is 2.93. The first kappa shape index (κ1) is 8.47. The lowest BCUT2D eigenvalue weighted by Crippen LogP contribution is -2.25. The van der Waals surface area contributed by atoms with Crippen LogP contribution >= 0.6 is 0 Å². The Bertz CT molecular complexity index is 438. The van der Waals surface area contributed by atoms with Gasteiger partial charge in [-0.2, -0.15) is 0 Å². The minimum atomic E-state index is 0.0778. The maximum absolute atomic E-state index is 11.4. The molecule has 0 radical (unpaired) electrons. The van der Waals surface area contributed by atoms with Crippen molar-refractivity contribution in [3.63, 3.8) is 0 Å². The van der Waals surface area contributed by atoms with Crippen LogP contribution in [0, 0.1) is 0 Å². The van der Waals surface area contributed by atoms with Gasteiger partial charge in [0.15, 0.2) is 0 Å². The van der Waals surface area contributed by atoms with E-state index in [2.05, 4.69) is 15.6 Å². The molecule has 0 saturated carbocycles. The molecule has 4 heteroatoms. The summed E-state index contributed by atoms with van der Waals surface area (Å²) in [5, 5.41) is 6.17. The third kappa shape index (κ3) is 1.29. The summed E-state index contributed by atoms with van der Waals surface area (Å²) < 4.78 is 0. The molecule has 2 aliphatic rings. The molecule has 1 atom stereocenters. The molecule has 1 unspecified atom stereocenters. The summed E-state index contributed by atoms with van der Waals surface area (Å²) >= 11 is 0. The molecule has 3 rings (SSSR count). The van der Waals surface area contributed by atoms with Crippen molar-refractivity contribution in [3.05, 3.63) is 41.4 Å². The van der Waals surface area contributed by atoms with E-state index in [1.807, 2.05) is 12.1 Å². The Morgan fingerprint density at radius 1 is 1.33 bits per heavy atom. The summed E-state index contributed by atoms with van der Waals surface area (Å²) in [6.45, 7) is 0.649. The van der Waals surface area contributed by atoms with Crippen molar-refractivity contribution in [2.75, 3.05) is 6.54 Å². The highest BCUT2D eigenvalue weighted by Crippen LogP contribution is 2.31. The summed E-state index contributed by atoms with van der Waals surface area (Å²) in [5.74, 6) is 0.0778. The SMILES string of the molecule is O=C1NCC2=C1CC(c1ccncc1)N2. The molecule has 1 aromatic rings. The van der Waals surface area contributed by atoms with Crippen molar-refractivity contribution < 1.29 is 4.79 Å². The van der Waals surface area contributed by atoms with Crippen LogP contribution in [0.2, 0.25) is 0 Å². The fourth-order valence-corrected chi connectivity index (χ4v) is 2.14. The Balaban J connectivity index is 1.83. The molecule has 4 nitrogen and oxygen atoms in total. The Morgan fingerprint density at radius 3 is 2.87 bits per heavy atom. The molecule has 2 aliphatic heterocycles. The lowest BCUT2D eigenvalue weighted by atomic mass is 10.0. The highest BCUT2D eigenvalue weighted by atomic mass is 16.2. The van der Waals surface area contributed by atoms with Crippen LogP contribution in [0.25, 0.3) is 0 Å². The predicted octanol–water partition coefficient (Wildman–Crippen LogP) is 0.500. The van der Waals surface area contributed by atoms with E-state index in [1.165, 1.54) is 5.56 Å². The largest absolute Gasteiger partial charge is 0.379 e. The van der Waals surface area contributed by atoms with E-state index in [9.17, 15) is 4.79 Å². The molecule has 0 aliphatic carbocycles. The molecule has 2 N–H and O–H groups in total. The normalized spacial score (nSPS) is 23.7. The Labute approximate surface area is 87.4 Å². The molecular weight excluding hydrogens is 190 g/mol. The van der Waals surface area contributed by atoms with Gasteiger partial charge in [0, 0.05) is 30.1 Å². The average Bonchev–Trinajstić information content (AvgIpc) is 2.83. The summed E-state index contributed by atoms with van der Waals surface area (Å²) in [6, 6.07) is 4.21. The van der Waals surface area contributed by atoms with Crippen molar-refractivity contribution >= 4 is 5.91 Å². The number of carbonyl (C=O) groups excluding carboxylic acids is 1. The third-order valence-corrected chi connectivity index (χ3v) is 2.93. The maximum Gasteiger partial charge on any atom is 0.249 e. The number of hydrogen-bond acceptors (Lipinski definition) is 3. The van der Waals surface area contributed by atoms with E-state index < -0.39 is 0 Å². The van der Waals surface area contributed by atoms with E-state index in [4.69, 9.17) is 0 Å². The Morgan fingerprint density at radius 2 is 2.13 bits per heavy atom. The molecule has 0 fully saturated rings. The van der Waals surface area contributed by atoms with Gasteiger partial charge in [0.05, 0.1) is 12.6 Å². The van der Waals surface area contributed by atoms with Gasteiger partial charge in [-0.25, -0.2) is 0 Å². The van der Waals surface area contributed by atoms with Crippen LogP contribution in [0.3, 0.4) is 0 Å². The van der Waals surface area contributed by atoms with Crippen molar-refractivity contribution in [2.45, 2.75) is 12.5 Å². The molecule has 3 heterocycles. The lowest BCUT2D eigenvalue weighted by molar-refractivity contribution is -0.116. The summed E-state index contributed by atoms with van der Waals surface area (Å²) in [4.78, 5) is 15.4. The second-order valence-electron chi connectivity index (χ2n) is 3.82. The van der Waals surface area contributed by atoms with E-state index in [-0.39, 0.29) is 11.9 Å². The van der Waals surface area contributed by atoms with Gasteiger partial charge >= 0.3 is 0 Å². The molecule has 0 bridgehead atoms. The second-order valence-corrected chi connectivity index (χ2v) is 3.82. The van der Waals surface area contributed by atoms with Crippen LogP contribution in [-0.2, 0) is 4.79 Å². The number of hydrogen-bond donors (Lipinski definition) is 2. The van der Waals surface area contributed by atoms with Gasteiger partial charge in [-0.3, -0.25) is 9.78 Å². The zero-order chi connectivity index (χ0) is 10.3. The number of aromatic nitrogens is 1. The van der Waals surface area contributed by atoms with Gasteiger partial charge in [0.1, 0.15) is 0 Å². The monoisotopic (exact) mass is 201 g/mol. The first-order valence-corrected chi connectivity index (χ1v) is 5.01. The second kappa shape index (κ2) is 3.08. The number of rotatable bonds is 1. The van der Waals surface area contributed by atoms with Crippen molar-refractivity contribution in [3.8, 4) is 0 Å². The van der Waals surface area contributed by atoms with Gasteiger partial charge in [-0.05, 0) is 17.7 Å². The number of pyridine rings is 1. The zero-order valence-electron chi connectivity index (χ0n) is 8.16. The zero-order valence-corrected chi connectivity index (χ0v) is 8.16. The lowest BCUT2D eigenvalue weighted by Gasteiger charge is -2.14. The van der Waals surface area contributed by atoms with Crippen molar-refractivity contribution in [1.29, 1.82) is 0 Å². The summed E-state index contributed by atoms with van der Waals surface area (Å²) in [6.07, 6.45) is 4.34. The molecule has 0 aromatic carbocycles. The van der Waals surface area contributed by atoms with Crippen molar-refractivity contribution in [1.82, 2.24) is 15.6 Å². The van der Waals surface area contributed by atoms with Crippen LogP contribution in [0.4, 0.5) is 0 Å². The van der Waals surface area contributed by atoms with Crippen LogP contribution < -0.4 is 10.6 Å². The highest BCUT2D eigenvalue weighted by Gasteiger charge is 2.32. The van der Waals surface area contributed by atoms with Crippen molar-refractivity contribution in [2.24, 2.45) is 0 Å². The van der Waals surface area contributed by atoms with Crippen LogP contribution in [0.5, 0.6) is 0 Å². The quantitative estimate of drug-likeness (QED) is 0.695. The Hall–Kier alpha value is -1.84. The van der Waals surface area contributed by atoms with Crippen LogP contribution in [0.1, 0.15) is 18.0 Å². The molecule has 1 amide bonds. The van der Waals surface area contributed by atoms with Gasteiger partial charge in [-0.15, -0.1) is 0 Å². The molecular formula is C11H11N3O. The summed E-state index contributed by atoms with van der Waals surface area (Å²) in [7, 11) is 0. The minimum Gasteiger partial charge on any atom is -0.379 e. The Kier molecular flexibility index (Phi) is 1.74. The smallest absolute Gasteiger partial charge is 0.249 e. The number of carbonyl (C=O) groups is 1. The van der Waals surface area contributed by atoms with Gasteiger partial charge in [-0.1, -0.05) is 0 Å². The fourth-order valence-electron chi connectivity index (χ4n) is 2.14. The number of amides is 1. The van der Waals surface area contributed by atoms with E-state index in [0.717, 1.165) is 17.7 Å². The molecule has 15 heavy (non-hydrogen) atoms. The maximum atomic E-state index is 11.4. The first-order valence-electron chi connectivity index (χ1n) is 5.01. The van der Waals surface area contributed by atoms with Crippen LogP contribution in [-0.4, -0.2) is 17.4 Å². The van der Waals surface area contributed by atoms with E-state index >= 15 is 0 Å². The van der Waals surface area contributed by atoms with Gasteiger partial charge in [0.2, 0.25) is 5.91 Å². The topological polar surface area (TPSA) is 54.0 Å². The summed E-state index contributed by atoms with van der Waals surface area (Å²) in [5.41, 5.74) is 3.16. The number of nitrogens with zero attached hydrogens (tertiary/aromatic N) is 1. The fraction of sp³-hybridized carbons (Fsp3) is 0.273. The van der Waals surface area contributed by atoms with Gasteiger partial charge < -0.3 is 10.6 Å². The van der Waals surface area contributed by atoms with E-state index in [1.54, 1.807) is 12.4 Å². The molecule has 0 spiro atoms.